The molecule has 0 aliphatic heterocycles. The number of hydrogen-bond acceptors (Lipinski definition) is 3. The van der Waals surface area contributed by atoms with Gasteiger partial charge >= 0.3 is 0 Å². The number of para-hydroxylation sites is 2. The number of fused-ring (bicyclic) bond motifs is 1. The van der Waals surface area contributed by atoms with Crippen LogP contribution in [-0.4, -0.2) is 16.6 Å². The largest absolute Gasteiger partial charge is 0.494 e. The molecule has 0 amide bonds. The summed E-state index contributed by atoms with van der Waals surface area (Å²) >= 11 is 0. The van der Waals surface area contributed by atoms with Crippen molar-refractivity contribution in [3.05, 3.63) is 59.9 Å². The van der Waals surface area contributed by atoms with Crippen molar-refractivity contribution in [3.63, 3.8) is 0 Å². The average molecular weight is 331 g/mol. The Morgan fingerprint density at radius 1 is 1.16 bits per heavy atom. The highest BCUT2D eigenvalue weighted by Crippen LogP contribution is 2.20. The molecular formula is C21H21N3O. The highest BCUT2D eigenvalue weighted by Gasteiger charge is 2.07. The first-order valence-corrected chi connectivity index (χ1v) is 8.60. The van der Waals surface area contributed by atoms with Crippen LogP contribution in [0.4, 0.5) is 0 Å². The van der Waals surface area contributed by atoms with Crippen molar-refractivity contribution in [1.82, 2.24) is 9.97 Å². The number of rotatable bonds is 7. The smallest absolute Gasteiger partial charge is 0.149 e. The van der Waals surface area contributed by atoms with E-state index in [4.69, 9.17) is 4.74 Å². The van der Waals surface area contributed by atoms with Crippen LogP contribution in [0.5, 0.6) is 5.75 Å². The molecule has 3 rings (SSSR count). The van der Waals surface area contributed by atoms with Crippen molar-refractivity contribution in [2.75, 3.05) is 6.61 Å². The lowest BCUT2D eigenvalue weighted by molar-refractivity contribution is 0.306. The molecule has 0 radical (unpaired) electrons. The van der Waals surface area contributed by atoms with Gasteiger partial charge in [-0.3, -0.25) is 0 Å². The Balaban J connectivity index is 1.74. The number of aromatic amines is 1. The van der Waals surface area contributed by atoms with Crippen LogP contribution in [-0.2, 0) is 0 Å². The van der Waals surface area contributed by atoms with E-state index >= 15 is 0 Å². The van der Waals surface area contributed by atoms with E-state index in [9.17, 15) is 5.26 Å². The fourth-order valence-corrected chi connectivity index (χ4v) is 2.60. The molecule has 2 aromatic carbocycles. The van der Waals surface area contributed by atoms with Gasteiger partial charge in [0.05, 0.1) is 23.2 Å². The molecule has 0 fully saturated rings. The minimum atomic E-state index is 0.507. The molecule has 0 spiro atoms. The minimum absolute atomic E-state index is 0.507. The molecule has 1 aromatic heterocycles. The number of benzene rings is 2. The van der Waals surface area contributed by atoms with Gasteiger partial charge in [0.15, 0.2) is 0 Å². The third-order valence-electron chi connectivity index (χ3n) is 3.97. The van der Waals surface area contributed by atoms with Crippen LogP contribution < -0.4 is 4.74 Å². The Kier molecular flexibility index (Phi) is 5.48. The number of allylic oxidation sites excluding steroid dienone is 1. The topological polar surface area (TPSA) is 61.7 Å². The van der Waals surface area contributed by atoms with Crippen LogP contribution in [0.25, 0.3) is 22.7 Å². The number of nitriles is 1. The summed E-state index contributed by atoms with van der Waals surface area (Å²) < 4.78 is 5.71. The molecule has 0 bridgehead atoms. The number of nitrogens with one attached hydrogen (secondary N) is 1. The van der Waals surface area contributed by atoms with Crippen molar-refractivity contribution in [3.8, 4) is 11.8 Å². The first kappa shape index (κ1) is 16.8. The van der Waals surface area contributed by atoms with E-state index in [2.05, 4.69) is 23.0 Å². The summed E-state index contributed by atoms with van der Waals surface area (Å²) in [5.74, 6) is 1.44. The average Bonchev–Trinajstić information content (AvgIpc) is 3.08. The molecule has 4 nitrogen and oxygen atoms in total. The predicted octanol–water partition coefficient (Wildman–Crippen LogP) is 5.20. The summed E-state index contributed by atoms with van der Waals surface area (Å²) in [7, 11) is 0. The number of nitrogens with zero attached hydrogens (tertiary/aromatic N) is 2. The second-order valence-electron chi connectivity index (χ2n) is 5.90. The van der Waals surface area contributed by atoms with Gasteiger partial charge in [0, 0.05) is 0 Å². The maximum absolute atomic E-state index is 9.48. The fraction of sp³-hybridized carbons (Fsp3) is 0.238. The third-order valence-corrected chi connectivity index (χ3v) is 3.97. The molecule has 25 heavy (non-hydrogen) atoms. The van der Waals surface area contributed by atoms with E-state index in [1.807, 2.05) is 54.6 Å². The van der Waals surface area contributed by atoms with Crippen LogP contribution >= 0.6 is 0 Å². The Morgan fingerprint density at radius 3 is 2.68 bits per heavy atom. The second-order valence-corrected chi connectivity index (χ2v) is 5.90. The van der Waals surface area contributed by atoms with E-state index in [0.29, 0.717) is 11.4 Å². The number of aromatic nitrogens is 2. The van der Waals surface area contributed by atoms with Crippen molar-refractivity contribution >= 4 is 22.7 Å². The standard InChI is InChI=1S/C21H21N3O/c1-2-3-6-13-25-18-11-9-16(10-12-18)14-17(15-22)21-23-19-7-4-5-8-20(19)24-21/h4-5,7-12,14H,2-3,6,13H2,1H3,(H,23,24)/b17-14+. The van der Waals surface area contributed by atoms with Crippen molar-refractivity contribution < 1.29 is 4.74 Å². The zero-order valence-corrected chi connectivity index (χ0v) is 14.3. The van der Waals surface area contributed by atoms with E-state index in [0.717, 1.165) is 35.4 Å². The van der Waals surface area contributed by atoms with E-state index in [-0.39, 0.29) is 0 Å². The monoisotopic (exact) mass is 331 g/mol. The lowest BCUT2D eigenvalue weighted by Gasteiger charge is -2.05. The number of ether oxygens (including phenoxy) is 1. The molecule has 4 heteroatoms. The Labute approximate surface area is 147 Å². The van der Waals surface area contributed by atoms with Gasteiger partial charge in [-0.05, 0) is 42.3 Å². The van der Waals surface area contributed by atoms with Crippen LogP contribution in [0, 0.1) is 11.3 Å². The Bertz CT molecular complexity index is 868. The van der Waals surface area contributed by atoms with Crippen LogP contribution in [0.3, 0.4) is 0 Å². The molecule has 1 heterocycles. The minimum Gasteiger partial charge on any atom is -0.494 e. The molecule has 0 saturated heterocycles. The molecule has 0 aliphatic rings. The van der Waals surface area contributed by atoms with Gasteiger partial charge in [-0.25, -0.2) is 4.98 Å². The highest BCUT2D eigenvalue weighted by atomic mass is 16.5. The third kappa shape index (κ3) is 4.27. The molecule has 126 valence electrons. The Hall–Kier alpha value is -3.06. The van der Waals surface area contributed by atoms with Crippen LogP contribution in [0.2, 0.25) is 0 Å². The molecule has 3 aromatic rings. The zero-order chi connectivity index (χ0) is 17.5. The van der Waals surface area contributed by atoms with Gasteiger partial charge < -0.3 is 9.72 Å². The van der Waals surface area contributed by atoms with Gasteiger partial charge in [-0.15, -0.1) is 0 Å². The number of H-pyrrole nitrogens is 1. The first-order chi connectivity index (χ1) is 12.3. The summed E-state index contributed by atoms with van der Waals surface area (Å²) in [5, 5.41) is 9.48. The zero-order valence-electron chi connectivity index (χ0n) is 14.3. The molecule has 1 N–H and O–H groups in total. The van der Waals surface area contributed by atoms with Gasteiger partial charge in [0.2, 0.25) is 0 Å². The van der Waals surface area contributed by atoms with E-state index < -0.39 is 0 Å². The second kappa shape index (κ2) is 8.16. The number of hydrogen-bond donors (Lipinski definition) is 1. The van der Waals surface area contributed by atoms with Crippen LogP contribution in [0.15, 0.2) is 48.5 Å². The molecule has 0 atom stereocenters. The number of unbranched alkanes of at least 4 members (excludes halogenated alkanes) is 2. The normalized spacial score (nSPS) is 11.4. The molecule has 0 aliphatic carbocycles. The summed E-state index contributed by atoms with van der Waals surface area (Å²) in [6.45, 7) is 2.92. The Morgan fingerprint density at radius 2 is 1.96 bits per heavy atom. The predicted molar refractivity (Wildman–Crippen MR) is 101 cm³/mol. The lowest BCUT2D eigenvalue weighted by atomic mass is 10.1. The summed E-state index contributed by atoms with van der Waals surface area (Å²) in [5.41, 5.74) is 3.23. The first-order valence-electron chi connectivity index (χ1n) is 8.60. The van der Waals surface area contributed by atoms with E-state index in [1.54, 1.807) is 0 Å². The maximum atomic E-state index is 9.48. The molecule has 0 saturated carbocycles. The highest BCUT2D eigenvalue weighted by molar-refractivity contribution is 5.90. The van der Waals surface area contributed by atoms with Gasteiger partial charge in [0.1, 0.15) is 17.6 Å². The fourth-order valence-electron chi connectivity index (χ4n) is 2.60. The SMILES string of the molecule is CCCCCOc1ccc(/C=C(\C#N)c2nc3ccccc3[nH]2)cc1. The summed E-state index contributed by atoms with van der Waals surface area (Å²) in [4.78, 5) is 7.68. The molecular weight excluding hydrogens is 310 g/mol. The summed E-state index contributed by atoms with van der Waals surface area (Å²) in [6.07, 6.45) is 5.27. The lowest BCUT2D eigenvalue weighted by Crippen LogP contribution is -1.96. The van der Waals surface area contributed by atoms with E-state index in [1.165, 1.54) is 12.8 Å². The molecule has 0 unspecified atom stereocenters. The summed E-state index contributed by atoms with van der Waals surface area (Å²) in [6, 6.07) is 17.8. The van der Waals surface area contributed by atoms with Gasteiger partial charge in [0.25, 0.3) is 0 Å². The van der Waals surface area contributed by atoms with Crippen LogP contribution in [0.1, 0.15) is 37.6 Å². The van der Waals surface area contributed by atoms with Crippen molar-refractivity contribution in [2.24, 2.45) is 0 Å². The van der Waals surface area contributed by atoms with Crippen molar-refractivity contribution in [2.45, 2.75) is 26.2 Å². The quantitative estimate of drug-likeness (QED) is 0.478. The van der Waals surface area contributed by atoms with Gasteiger partial charge in [-0.1, -0.05) is 44.0 Å². The number of imidazole rings is 1. The van der Waals surface area contributed by atoms with Crippen molar-refractivity contribution in [1.29, 1.82) is 5.26 Å². The van der Waals surface area contributed by atoms with Gasteiger partial charge in [-0.2, -0.15) is 5.26 Å². The maximum Gasteiger partial charge on any atom is 0.149 e.